The summed E-state index contributed by atoms with van der Waals surface area (Å²) in [6.45, 7) is 1.35. The van der Waals surface area contributed by atoms with Crippen LogP contribution in [0.1, 0.15) is 18.1 Å². The van der Waals surface area contributed by atoms with Gasteiger partial charge in [-0.3, -0.25) is 9.10 Å². The minimum Gasteiger partial charge on any atom is -0.494 e. The lowest BCUT2D eigenvalue weighted by Gasteiger charge is -2.21. The third-order valence-electron chi connectivity index (χ3n) is 5.31. The number of aromatic nitrogens is 1. The van der Waals surface area contributed by atoms with E-state index in [1.54, 1.807) is 31.2 Å². The third kappa shape index (κ3) is 5.36. The van der Waals surface area contributed by atoms with Crippen molar-refractivity contribution in [2.45, 2.75) is 6.92 Å². The highest BCUT2D eigenvalue weighted by Crippen LogP contribution is 2.32. The molecule has 0 saturated carbocycles. The molecule has 0 saturated heterocycles. The summed E-state index contributed by atoms with van der Waals surface area (Å²) in [6.07, 6.45) is 1.03. The Labute approximate surface area is 203 Å². The molecule has 4 aromatic rings. The normalized spacial score (nSPS) is 12.0. The molecule has 35 heavy (non-hydrogen) atoms. The second-order valence-corrected chi connectivity index (χ2v) is 9.72. The van der Waals surface area contributed by atoms with Crippen molar-refractivity contribution in [3.63, 3.8) is 0 Å². The number of H-pyrrole nitrogens is 1. The first-order chi connectivity index (χ1) is 16.8. The molecule has 0 atom stereocenters. The van der Waals surface area contributed by atoms with Gasteiger partial charge in [0.25, 0.3) is 0 Å². The van der Waals surface area contributed by atoms with Crippen LogP contribution in [-0.4, -0.2) is 49.6 Å². The number of aromatic amines is 1. The molecule has 0 spiro atoms. The van der Waals surface area contributed by atoms with E-state index in [4.69, 9.17) is 9.73 Å². The van der Waals surface area contributed by atoms with Gasteiger partial charge < -0.3 is 14.8 Å². The summed E-state index contributed by atoms with van der Waals surface area (Å²) in [7, 11) is -3.77. The maximum Gasteiger partial charge on any atom is 0.326 e. The second kappa shape index (κ2) is 10.0. The molecule has 0 unspecified atom stereocenters. The van der Waals surface area contributed by atoms with Gasteiger partial charge >= 0.3 is 5.97 Å². The van der Waals surface area contributed by atoms with Gasteiger partial charge in [0.15, 0.2) is 5.88 Å². The number of sulfonamides is 1. The van der Waals surface area contributed by atoms with Crippen molar-refractivity contribution < 1.29 is 23.1 Å². The molecule has 0 aliphatic heterocycles. The van der Waals surface area contributed by atoms with Gasteiger partial charge in [0.1, 0.15) is 6.54 Å². The van der Waals surface area contributed by atoms with Gasteiger partial charge in [0, 0.05) is 16.5 Å². The fourth-order valence-electron chi connectivity index (χ4n) is 3.80. The average molecular weight is 492 g/mol. The van der Waals surface area contributed by atoms with Crippen LogP contribution >= 0.6 is 0 Å². The summed E-state index contributed by atoms with van der Waals surface area (Å²) in [5, 5.41) is 11.6. The van der Waals surface area contributed by atoms with Crippen molar-refractivity contribution in [3.8, 4) is 5.88 Å². The first-order valence-corrected chi connectivity index (χ1v) is 12.8. The molecule has 0 radical (unpaired) electrons. The van der Waals surface area contributed by atoms with Crippen molar-refractivity contribution in [1.29, 1.82) is 0 Å². The highest BCUT2D eigenvalue weighted by Gasteiger charge is 2.22. The zero-order chi connectivity index (χ0) is 25.0. The molecule has 9 heteroatoms. The molecule has 0 amide bonds. The first kappa shape index (κ1) is 24.0. The molecular formula is C26H25N3O5S. The Kier molecular flexibility index (Phi) is 6.88. The number of hydrogen-bond donors (Lipinski definition) is 2. The van der Waals surface area contributed by atoms with Gasteiger partial charge in [-0.05, 0) is 31.2 Å². The van der Waals surface area contributed by atoms with E-state index in [1.165, 1.54) is 0 Å². The van der Waals surface area contributed by atoms with Crippen molar-refractivity contribution >= 4 is 44.0 Å². The van der Waals surface area contributed by atoms with Crippen LogP contribution in [-0.2, 0) is 19.6 Å². The van der Waals surface area contributed by atoms with Crippen LogP contribution in [0.15, 0.2) is 83.9 Å². The van der Waals surface area contributed by atoms with E-state index in [0.717, 1.165) is 27.0 Å². The van der Waals surface area contributed by atoms with Crippen LogP contribution in [0.5, 0.6) is 5.88 Å². The number of nitrogens with zero attached hydrogens (tertiary/aromatic N) is 2. The Hall–Kier alpha value is -4.11. The minimum atomic E-state index is -3.77. The van der Waals surface area contributed by atoms with Crippen LogP contribution in [0.4, 0.5) is 11.4 Å². The largest absolute Gasteiger partial charge is 0.494 e. The Bertz CT molecular complexity index is 1490. The first-order valence-electron chi connectivity index (χ1n) is 11.0. The molecule has 3 aromatic carbocycles. The number of benzene rings is 3. The van der Waals surface area contributed by atoms with E-state index in [0.29, 0.717) is 17.0 Å². The zero-order valence-corrected chi connectivity index (χ0v) is 20.1. The smallest absolute Gasteiger partial charge is 0.326 e. The number of para-hydroxylation sites is 1. The van der Waals surface area contributed by atoms with Gasteiger partial charge in [-0.2, -0.15) is 0 Å². The number of carbonyl (C=O) groups excluding carboxylic acids is 1. The molecule has 0 aliphatic carbocycles. The molecule has 180 valence electrons. The molecule has 0 bridgehead atoms. The molecule has 8 nitrogen and oxygen atoms in total. The number of rotatable bonds is 8. The van der Waals surface area contributed by atoms with Crippen LogP contribution in [0, 0.1) is 0 Å². The van der Waals surface area contributed by atoms with Crippen molar-refractivity contribution in [2.24, 2.45) is 4.99 Å². The Morgan fingerprint density at radius 2 is 1.74 bits per heavy atom. The summed E-state index contributed by atoms with van der Waals surface area (Å²) in [6, 6.07) is 23.4. The van der Waals surface area contributed by atoms with Crippen molar-refractivity contribution in [3.05, 3.63) is 90.0 Å². The van der Waals surface area contributed by atoms with Crippen molar-refractivity contribution in [1.82, 2.24) is 4.98 Å². The maximum absolute atomic E-state index is 12.4. The monoisotopic (exact) mass is 491 g/mol. The number of esters is 1. The molecular weight excluding hydrogens is 466 g/mol. The predicted molar refractivity (Wildman–Crippen MR) is 137 cm³/mol. The van der Waals surface area contributed by atoms with Crippen LogP contribution in [0.25, 0.3) is 10.9 Å². The fourth-order valence-corrected chi connectivity index (χ4v) is 4.64. The summed E-state index contributed by atoms with van der Waals surface area (Å²) >= 11 is 0. The van der Waals surface area contributed by atoms with Gasteiger partial charge in [-0.15, -0.1) is 0 Å². The van der Waals surface area contributed by atoms with E-state index >= 15 is 0 Å². The fraction of sp³-hybridized carbons (Fsp3) is 0.154. The molecule has 2 N–H and O–H groups in total. The van der Waals surface area contributed by atoms with E-state index in [9.17, 15) is 18.3 Å². The lowest BCUT2D eigenvalue weighted by Crippen LogP contribution is -2.35. The van der Waals surface area contributed by atoms with E-state index in [1.807, 2.05) is 54.6 Å². The molecule has 4 rings (SSSR count). The van der Waals surface area contributed by atoms with Crippen LogP contribution in [0.2, 0.25) is 0 Å². The summed E-state index contributed by atoms with van der Waals surface area (Å²) in [4.78, 5) is 19.9. The van der Waals surface area contributed by atoms with Gasteiger partial charge in [0.2, 0.25) is 10.0 Å². The number of aromatic hydroxyl groups is 1. The predicted octanol–water partition coefficient (Wildman–Crippen LogP) is 4.37. The summed E-state index contributed by atoms with van der Waals surface area (Å²) in [5.41, 5.74) is 3.29. The highest BCUT2D eigenvalue weighted by molar-refractivity contribution is 7.92. The molecule has 1 heterocycles. The van der Waals surface area contributed by atoms with Gasteiger partial charge in [-0.1, -0.05) is 54.6 Å². The standard InChI is InChI=1S/C26H25N3O5S/c1-3-34-23(30)17-29(35(2,32)33)20-13-9-12-19(16-20)27-25(18-10-5-4-6-11-18)24-21-14-7-8-15-22(21)28-26(24)31/h4-16,28,31H,3,17H2,1-2H3. The third-order valence-corrected chi connectivity index (χ3v) is 6.45. The maximum atomic E-state index is 12.4. The number of nitrogens with one attached hydrogen (secondary N) is 1. The minimum absolute atomic E-state index is 0.0231. The van der Waals surface area contributed by atoms with Crippen molar-refractivity contribution in [2.75, 3.05) is 23.7 Å². The van der Waals surface area contributed by atoms with Crippen LogP contribution in [0.3, 0.4) is 0 Å². The SMILES string of the molecule is CCOC(=O)CN(c1cccc(N=C(c2ccccc2)c2c(O)[nH]c3ccccc23)c1)S(C)(=O)=O. The summed E-state index contributed by atoms with van der Waals surface area (Å²) in [5.74, 6) is -0.675. The van der Waals surface area contributed by atoms with E-state index in [-0.39, 0.29) is 18.2 Å². The topological polar surface area (TPSA) is 112 Å². The zero-order valence-electron chi connectivity index (χ0n) is 19.3. The molecule has 0 aliphatic rings. The quantitative estimate of drug-likeness (QED) is 0.281. The second-order valence-electron chi connectivity index (χ2n) is 7.82. The van der Waals surface area contributed by atoms with E-state index in [2.05, 4.69) is 4.98 Å². The average Bonchev–Trinajstić information content (AvgIpc) is 3.17. The lowest BCUT2D eigenvalue weighted by molar-refractivity contribution is -0.141. The number of ether oxygens (including phenoxy) is 1. The van der Waals surface area contributed by atoms with Gasteiger partial charge in [-0.25, -0.2) is 13.4 Å². The highest BCUT2D eigenvalue weighted by atomic mass is 32.2. The Morgan fingerprint density at radius 3 is 2.46 bits per heavy atom. The van der Waals surface area contributed by atoms with Crippen LogP contribution < -0.4 is 4.31 Å². The lowest BCUT2D eigenvalue weighted by atomic mass is 10.0. The number of anilines is 1. The number of hydrogen-bond acceptors (Lipinski definition) is 6. The number of carbonyl (C=O) groups is 1. The molecule has 0 fully saturated rings. The number of aliphatic imine (C=N–C) groups is 1. The Balaban J connectivity index is 1.85. The van der Waals surface area contributed by atoms with Gasteiger partial charge in [0.05, 0.1) is 35.5 Å². The Morgan fingerprint density at radius 1 is 1.03 bits per heavy atom. The number of fused-ring (bicyclic) bond motifs is 1. The summed E-state index contributed by atoms with van der Waals surface area (Å²) < 4.78 is 30.8. The molecule has 1 aromatic heterocycles. The van der Waals surface area contributed by atoms with E-state index < -0.39 is 22.5 Å².